The molecule has 9 heteroatoms. The Morgan fingerprint density at radius 1 is 1.12 bits per heavy atom. The van der Waals surface area contributed by atoms with Crippen LogP contribution in [-0.2, 0) is 10.0 Å². The number of benzene rings is 2. The SMILES string of the molecule is COc1ccc(C(=O)Nc2cc(Cl)ccc2Cl)cc1S(=O)(=O)NC(C)C. The normalized spacial score (nSPS) is 11.5. The van der Waals surface area contributed by atoms with Gasteiger partial charge in [-0.15, -0.1) is 0 Å². The van der Waals surface area contributed by atoms with Crippen LogP contribution in [0.15, 0.2) is 41.3 Å². The summed E-state index contributed by atoms with van der Waals surface area (Å²) in [6, 6.07) is 8.46. The third-order valence-corrected chi connectivity index (χ3v) is 5.53. The molecule has 26 heavy (non-hydrogen) atoms. The lowest BCUT2D eigenvalue weighted by atomic mass is 10.2. The number of halogens is 2. The number of hydrogen-bond donors (Lipinski definition) is 2. The summed E-state index contributed by atoms with van der Waals surface area (Å²) in [5, 5.41) is 3.33. The van der Waals surface area contributed by atoms with Gasteiger partial charge in [0.05, 0.1) is 17.8 Å². The van der Waals surface area contributed by atoms with Crippen LogP contribution < -0.4 is 14.8 Å². The van der Waals surface area contributed by atoms with E-state index in [9.17, 15) is 13.2 Å². The number of ether oxygens (including phenoxy) is 1. The van der Waals surface area contributed by atoms with E-state index in [1.807, 2.05) is 0 Å². The van der Waals surface area contributed by atoms with E-state index >= 15 is 0 Å². The molecule has 0 fully saturated rings. The molecule has 6 nitrogen and oxygen atoms in total. The highest BCUT2D eigenvalue weighted by atomic mass is 35.5. The maximum Gasteiger partial charge on any atom is 0.255 e. The van der Waals surface area contributed by atoms with Gasteiger partial charge in [-0.1, -0.05) is 23.2 Å². The summed E-state index contributed by atoms with van der Waals surface area (Å²) < 4.78 is 32.6. The molecule has 0 saturated heterocycles. The number of amides is 1. The molecule has 0 aliphatic heterocycles. The van der Waals surface area contributed by atoms with Crippen molar-refractivity contribution in [1.82, 2.24) is 4.72 Å². The molecule has 0 aliphatic carbocycles. The minimum absolute atomic E-state index is 0.126. The summed E-state index contributed by atoms with van der Waals surface area (Å²) >= 11 is 11.9. The number of carbonyl (C=O) groups is 1. The van der Waals surface area contributed by atoms with Crippen LogP contribution in [0.4, 0.5) is 5.69 Å². The average molecular weight is 417 g/mol. The molecule has 1 amide bonds. The first-order valence-electron chi connectivity index (χ1n) is 7.61. The number of carbonyl (C=O) groups excluding carboxylic acids is 1. The molecule has 0 aromatic heterocycles. The molecule has 0 spiro atoms. The summed E-state index contributed by atoms with van der Waals surface area (Å²) in [5.74, 6) is -0.395. The Balaban J connectivity index is 2.40. The predicted octanol–water partition coefficient (Wildman–Crippen LogP) is 3.94. The van der Waals surface area contributed by atoms with Crippen LogP contribution in [0.2, 0.25) is 10.0 Å². The number of methoxy groups -OCH3 is 1. The highest BCUT2D eigenvalue weighted by Crippen LogP contribution is 2.28. The van der Waals surface area contributed by atoms with Gasteiger partial charge < -0.3 is 10.1 Å². The molecule has 2 aromatic carbocycles. The summed E-state index contributed by atoms with van der Waals surface area (Å²) in [6.07, 6.45) is 0. The van der Waals surface area contributed by atoms with Crippen LogP contribution in [0.3, 0.4) is 0 Å². The minimum atomic E-state index is -3.85. The Morgan fingerprint density at radius 3 is 2.42 bits per heavy atom. The zero-order valence-corrected chi connectivity index (χ0v) is 16.7. The van der Waals surface area contributed by atoms with Gasteiger partial charge in [-0.3, -0.25) is 4.79 Å². The van der Waals surface area contributed by atoms with Crippen LogP contribution in [-0.4, -0.2) is 27.5 Å². The fourth-order valence-corrected chi connectivity index (χ4v) is 3.97. The first kappa shape index (κ1) is 20.5. The van der Waals surface area contributed by atoms with Gasteiger partial charge in [0.25, 0.3) is 5.91 Å². The highest BCUT2D eigenvalue weighted by molar-refractivity contribution is 7.89. The quantitative estimate of drug-likeness (QED) is 0.746. The largest absolute Gasteiger partial charge is 0.495 e. The van der Waals surface area contributed by atoms with Crippen molar-refractivity contribution in [3.05, 3.63) is 52.0 Å². The van der Waals surface area contributed by atoms with Gasteiger partial charge >= 0.3 is 0 Å². The van der Waals surface area contributed by atoms with E-state index in [-0.39, 0.29) is 22.3 Å². The van der Waals surface area contributed by atoms with Gasteiger partial charge in [-0.2, -0.15) is 0 Å². The molecule has 0 bridgehead atoms. The van der Waals surface area contributed by atoms with Gasteiger partial charge in [0, 0.05) is 16.6 Å². The molecule has 0 aliphatic rings. The molecule has 0 radical (unpaired) electrons. The van der Waals surface area contributed by atoms with E-state index in [1.165, 1.54) is 31.4 Å². The second-order valence-electron chi connectivity index (χ2n) is 5.72. The van der Waals surface area contributed by atoms with Crippen LogP contribution in [0.5, 0.6) is 5.75 Å². The first-order valence-corrected chi connectivity index (χ1v) is 9.84. The van der Waals surface area contributed by atoms with E-state index in [0.29, 0.717) is 15.7 Å². The van der Waals surface area contributed by atoms with Crippen molar-refractivity contribution in [3.63, 3.8) is 0 Å². The maximum atomic E-state index is 12.5. The van der Waals surface area contributed by atoms with E-state index in [0.717, 1.165) is 0 Å². The van der Waals surface area contributed by atoms with Gasteiger partial charge in [-0.25, -0.2) is 13.1 Å². The van der Waals surface area contributed by atoms with Crippen molar-refractivity contribution in [3.8, 4) is 5.75 Å². The zero-order chi connectivity index (χ0) is 19.5. The second kappa shape index (κ2) is 8.26. The molecule has 0 heterocycles. The van der Waals surface area contributed by atoms with Crippen molar-refractivity contribution >= 4 is 44.8 Å². The topological polar surface area (TPSA) is 84.5 Å². The standard InChI is InChI=1S/C17H18Cl2N2O4S/c1-10(2)21-26(23,24)16-8-11(4-7-15(16)25-3)17(22)20-14-9-12(18)5-6-13(14)19/h4-10,21H,1-3H3,(H,20,22). The minimum Gasteiger partial charge on any atom is -0.495 e. The first-order chi connectivity index (χ1) is 12.1. The van der Waals surface area contributed by atoms with Crippen molar-refractivity contribution < 1.29 is 17.9 Å². The number of sulfonamides is 1. The number of nitrogens with one attached hydrogen (secondary N) is 2. The third kappa shape index (κ3) is 4.88. The molecule has 2 rings (SSSR count). The maximum absolute atomic E-state index is 12.5. The fraction of sp³-hybridized carbons (Fsp3) is 0.235. The van der Waals surface area contributed by atoms with E-state index in [4.69, 9.17) is 27.9 Å². The lowest BCUT2D eigenvalue weighted by Crippen LogP contribution is -2.30. The van der Waals surface area contributed by atoms with E-state index in [2.05, 4.69) is 10.0 Å². The Kier molecular flexibility index (Phi) is 6.52. The molecule has 2 N–H and O–H groups in total. The summed E-state index contributed by atoms with van der Waals surface area (Å²) in [7, 11) is -2.49. The fourth-order valence-electron chi connectivity index (χ4n) is 2.19. The molecule has 0 atom stereocenters. The van der Waals surface area contributed by atoms with E-state index in [1.54, 1.807) is 26.0 Å². The van der Waals surface area contributed by atoms with Crippen molar-refractivity contribution in [1.29, 1.82) is 0 Å². The Morgan fingerprint density at radius 2 is 1.81 bits per heavy atom. The van der Waals surface area contributed by atoms with Crippen molar-refractivity contribution in [2.45, 2.75) is 24.8 Å². The van der Waals surface area contributed by atoms with Gasteiger partial charge in [0.2, 0.25) is 10.0 Å². The summed E-state index contributed by atoms with van der Waals surface area (Å²) in [4.78, 5) is 12.4. The molecule has 0 unspecified atom stereocenters. The highest BCUT2D eigenvalue weighted by Gasteiger charge is 2.22. The smallest absolute Gasteiger partial charge is 0.255 e. The van der Waals surface area contributed by atoms with E-state index < -0.39 is 15.9 Å². The second-order valence-corrected chi connectivity index (χ2v) is 8.25. The Bertz CT molecular complexity index is 930. The Labute approximate surface area is 162 Å². The lowest BCUT2D eigenvalue weighted by molar-refractivity contribution is 0.102. The van der Waals surface area contributed by atoms with Crippen molar-refractivity contribution in [2.24, 2.45) is 0 Å². The molecule has 0 saturated carbocycles. The molecular weight excluding hydrogens is 399 g/mol. The summed E-state index contributed by atoms with van der Waals surface area (Å²) in [6.45, 7) is 3.39. The van der Waals surface area contributed by atoms with Crippen LogP contribution >= 0.6 is 23.2 Å². The molecular formula is C17H18Cl2N2O4S. The molecule has 140 valence electrons. The van der Waals surface area contributed by atoms with Crippen LogP contribution in [0.1, 0.15) is 24.2 Å². The van der Waals surface area contributed by atoms with Crippen molar-refractivity contribution in [2.75, 3.05) is 12.4 Å². The predicted molar refractivity (Wildman–Crippen MR) is 103 cm³/mol. The van der Waals surface area contributed by atoms with Crippen LogP contribution in [0.25, 0.3) is 0 Å². The number of rotatable bonds is 6. The number of hydrogen-bond acceptors (Lipinski definition) is 4. The zero-order valence-electron chi connectivity index (χ0n) is 14.3. The van der Waals surface area contributed by atoms with Crippen LogP contribution in [0, 0.1) is 0 Å². The number of anilines is 1. The third-order valence-electron chi connectivity index (χ3n) is 3.28. The monoisotopic (exact) mass is 416 g/mol. The van der Waals surface area contributed by atoms with Gasteiger partial charge in [-0.05, 0) is 50.2 Å². The van der Waals surface area contributed by atoms with Gasteiger partial charge in [0.1, 0.15) is 10.6 Å². The average Bonchev–Trinajstić information content (AvgIpc) is 2.56. The molecule has 2 aromatic rings. The van der Waals surface area contributed by atoms with Gasteiger partial charge in [0.15, 0.2) is 0 Å². The Hall–Kier alpha value is -1.80. The summed E-state index contributed by atoms with van der Waals surface area (Å²) in [5.41, 5.74) is 0.454. The lowest BCUT2D eigenvalue weighted by Gasteiger charge is -2.14.